The third kappa shape index (κ3) is 5.14. The van der Waals surface area contributed by atoms with Gasteiger partial charge in [-0.25, -0.2) is 9.67 Å². The Bertz CT molecular complexity index is 1250. The average Bonchev–Trinajstić information content (AvgIpc) is 3.60. The van der Waals surface area contributed by atoms with Gasteiger partial charge < -0.3 is 5.32 Å². The van der Waals surface area contributed by atoms with Crippen LogP contribution in [-0.4, -0.2) is 43.2 Å². The maximum absolute atomic E-state index is 12.7. The maximum Gasteiger partial charge on any atom is 0.230 e. The summed E-state index contributed by atoms with van der Waals surface area (Å²) in [5.41, 5.74) is 1.18. The van der Waals surface area contributed by atoms with Gasteiger partial charge in [-0.05, 0) is 48.6 Å². The number of carbonyl (C=O) groups excluding carboxylic acids is 1. The molecule has 1 aromatic carbocycles. The number of thiazole rings is 1. The highest BCUT2D eigenvalue weighted by Crippen LogP contribution is 2.25. The molecule has 170 valence electrons. The zero-order chi connectivity index (χ0) is 22.6. The highest BCUT2D eigenvalue weighted by Gasteiger charge is 2.27. The Balaban J connectivity index is 1.35. The second-order valence-corrected chi connectivity index (χ2v) is 10.2. The number of benzene rings is 1. The van der Waals surface area contributed by atoms with Crippen molar-refractivity contribution in [1.29, 1.82) is 0 Å². The predicted molar refractivity (Wildman–Crippen MR) is 135 cm³/mol. The molecule has 4 aromatic rings. The van der Waals surface area contributed by atoms with Gasteiger partial charge in [0.05, 0.1) is 24.0 Å². The fourth-order valence-electron chi connectivity index (χ4n) is 4.11. The zero-order valence-corrected chi connectivity index (χ0v) is 20.4. The SMILES string of the molecule is O=C(Nc1nccs1)C1CCCN(Cn2nc(-c3cccs3)n(Cc3ccccc3)c2=S)C1. The van der Waals surface area contributed by atoms with E-state index in [9.17, 15) is 4.79 Å². The number of aromatic nitrogens is 4. The number of anilines is 1. The number of amides is 1. The van der Waals surface area contributed by atoms with Crippen LogP contribution in [0.5, 0.6) is 0 Å². The molecule has 3 aromatic heterocycles. The van der Waals surface area contributed by atoms with Crippen molar-refractivity contribution >= 4 is 45.9 Å². The molecule has 0 bridgehead atoms. The second kappa shape index (κ2) is 10.1. The molecule has 33 heavy (non-hydrogen) atoms. The summed E-state index contributed by atoms with van der Waals surface area (Å²) in [4.78, 5) is 20.3. The van der Waals surface area contributed by atoms with E-state index in [0.717, 1.165) is 30.1 Å². The molecule has 1 aliphatic heterocycles. The monoisotopic (exact) mass is 496 g/mol. The highest BCUT2D eigenvalue weighted by atomic mass is 32.1. The third-order valence-electron chi connectivity index (χ3n) is 5.72. The van der Waals surface area contributed by atoms with Crippen molar-refractivity contribution < 1.29 is 4.79 Å². The van der Waals surface area contributed by atoms with Crippen LogP contribution >= 0.6 is 34.9 Å². The number of thiophene rings is 1. The lowest BCUT2D eigenvalue weighted by Crippen LogP contribution is -2.41. The van der Waals surface area contributed by atoms with Gasteiger partial charge in [-0.15, -0.1) is 27.8 Å². The topological polar surface area (TPSA) is 68.0 Å². The van der Waals surface area contributed by atoms with Crippen LogP contribution in [0.3, 0.4) is 0 Å². The lowest BCUT2D eigenvalue weighted by atomic mass is 9.97. The maximum atomic E-state index is 12.7. The molecule has 0 aliphatic carbocycles. The van der Waals surface area contributed by atoms with Gasteiger partial charge in [0.15, 0.2) is 15.7 Å². The Kier molecular flexibility index (Phi) is 6.77. The number of carbonyl (C=O) groups is 1. The Hall–Kier alpha value is -2.66. The predicted octanol–water partition coefficient (Wildman–Crippen LogP) is 4.96. The number of piperidine rings is 1. The zero-order valence-electron chi connectivity index (χ0n) is 18.0. The van der Waals surface area contributed by atoms with Crippen LogP contribution in [0.4, 0.5) is 5.13 Å². The lowest BCUT2D eigenvalue weighted by Gasteiger charge is -2.31. The molecule has 7 nitrogen and oxygen atoms in total. The third-order valence-corrected chi connectivity index (χ3v) is 7.71. The van der Waals surface area contributed by atoms with Gasteiger partial charge in [-0.2, -0.15) is 0 Å². The molecule has 1 unspecified atom stereocenters. The standard InChI is InChI=1S/C23H24N6OS3/c30-21(25-22-24-10-13-33-22)18-8-4-11-27(15-18)16-29-23(31)28(14-17-6-2-1-3-7-17)20(26-29)19-9-5-12-32-19/h1-3,5-7,9-10,12-13,18H,4,8,11,14-16H2,(H,24,25,30). The first-order chi connectivity index (χ1) is 16.2. The van der Waals surface area contributed by atoms with E-state index in [1.165, 1.54) is 16.9 Å². The summed E-state index contributed by atoms with van der Waals surface area (Å²) in [5.74, 6) is 0.848. The summed E-state index contributed by atoms with van der Waals surface area (Å²) in [6.07, 6.45) is 3.54. The number of nitrogens with zero attached hydrogens (tertiary/aromatic N) is 5. The van der Waals surface area contributed by atoms with Crippen molar-refractivity contribution in [3.05, 3.63) is 69.8 Å². The molecular weight excluding hydrogens is 472 g/mol. The molecule has 0 spiro atoms. The first kappa shape index (κ1) is 22.1. The van der Waals surface area contributed by atoms with E-state index in [-0.39, 0.29) is 11.8 Å². The normalized spacial score (nSPS) is 16.7. The van der Waals surface area contributed by atoms with Gasteiger partial charge in [0.2, 0.25) is 5.91 Å². The summed E-state index contributed by atoms with van der Waals surface area (Å²) in [6, 6.07) is 14.4. The molecule has 1 saturated heterocycles. The number of hydrogen-bond acceptors (Lipinski definition) is 7. The summed E-state index contributed by atoms with van der Waals surface area (Å²) in [5, 5.41) is 12.4. The van der Waals surface area contributed by atoms with E-state index in [0.29, 0.717) is 29.7 Å². The first-order valence-corrected chi connectivity index (χ1v) is 13.0. The van der Waals surface area contributed by atoms with E-state index in [2.05, 4.69) is 43.3 Å². The van der Waals surface area contributed by atoms with Crippen LogP contribution in [0.25, 0.3) is 10.7 Å². The molecule has 0 saturated carbocycles. The van der Waals surface area contributed by atoms with E-state index >= 15 is 0 Å². The van der Waals surface area contributed by atoms with Crippen LogP contribution in [0.2, 0.25) is 0 Å². The van der Waals surface area contributed by atoms with E-state index in [1.54, 1.807) is 17.5 Å². The van der Waals surface area contributed by atoms with Crippen molar-refractivity contribution in [2.75, 3.05) is 18.4 Å². The van der Waals surface area contributed by atoms with Gasteiger partial charge in [-0.1, -0.05) is 36.4 Å². The van der Waals surface area contributed by atoms with Gasteiger partial charge in [0, 0.05) is 18.1 Å². The molecule has 10 heteroatoms. The number of hydrogen-bond donors (Lipinski definition) is 1. The average molecular weight is 497 g/mol. The molecular formula is C23H24N6OS3. The Morgan fingerprint density at radius 2 is 2.03 bits per heavy atom. The quantitative estimate of drug-likeness (QED) is 0.367. The van der Waals surface area contributed by atoms with Crippen molar-refractivity contribution in [1.82, 2.24) is 24.2 Å². The molecule has 4 heterocycles. The molecule has 0 radical (unpaired) electrons. The molecule has 5 rings (SSSR count). The van der Waals surface area contributed by atoms with Crippen LogP contribution < -0.4 is 5.32 Å². The largest absolute Gasteiger partial charge is 0.302 e. The van der Waals surface area contributed by atoms with Crippen molar-refractivity contribution in [3.63, 3.8) is 0 Å². The van der Waals surface area contributed by atoms with E-state index < -0.39 is 0 Å². The molecule has 1 fully saturated rings. The highest BCUT2D eigenvalue weighted by molar-refractivity contribution is 7.71. The fraction of sp³-hybridized carbons (Fsp3) is 0.304. The van der Waals surface area contributed by atoms with Gasteiger partial charge in [0.25, 0.3) is 0 Å². The lowest BCUT2D eigenvalue weighted by molar-refractivity contribution is -0.121. The smallest absolute Gasteiger partial charge is 0.230 e. The van der Waals surface area contributed by atoms with Gasteiger partial charge in [0.1, 0.15) is 0 Å². The minimum absolute atomic E-state index is 0.0344. The Labute approximate surface area is 205 Å². The number of rotatable bonds is 7. The van der Waals surface area contributed by atoms with Crippen molar-refractivity contribution in [2.45, 2.75) is 26.1 Å². The molecule has 1 N–H and O–H groups in total. The number of nitrogens with one attached hydrogen (secondary N) is 1. The molecule has 1 amide bonds. The van der Waals surface area contributed by atoms with Crippen LogP contribution in [0.15, 0.2) is 59.4 Å². The van der Waals surface area contributed by atoms with E-state index in [1.807, 2.05) is 34.3 Å². The second-order valence-electron chi connectivity index (χ2n) is 8.04. The van der Waals surface area contributed by atoms with E-state index in [4.69, 9.17) is 17.3 Å². The molecule has 1 atom stereocenters. The van der Waals surface area contributed by atoms with Crippen molar-refractivity contribution in [3.8, 4) is 10.7 Å². The summed E-state index contributed by atoms with van der Waals surface area (Å²) < 4.78 is 4.69. The van der Waals surface area contributed by atoms with Crippen LogP contribution in [0.1, 0.15) is 18.4 Å². The first-order valence-electron chi connectivity index (χ1n) is 10.9. The molecule has 1 aliphatic rings. The van der Waals surface area contributed by atoms with Gasteiger partial charge >= 0.3 is 0 Å². The minimum atomic E-state index is -0.0695. The minimum Gasteiger partial charge on any atom is -0.302 e. The van der Waals surface area contributed by atoms with Crippen LogP contribution in [-0.2, 0) is 18.0 Å². The summed E-state index contributed by atoms with van der Waals surface area (Å²) in [6.45, 7) is 2.84. The van der Waals surface area contributed by atoms with Crippen molar-refractivity contribution in [2.24, 2.45) is 5.92 Å². The van der Waals surface area contributed by atoms with Gasteiger partial charge in [-0.3, -0.25) is 14.3 Å². The Morgan fingerprint density at radius 1 is 1.15 bits per heavy atom. The summed E-state index contributed by atoms with van der Waals surface area (Å²) >= 11 is 8.97. The Morgan fingerprint density at radius 3 is 2.79 bits per heavy atom. The fourth-order valence-corrected chi connectivity index (χ4v) is 5.61. The number of likely N-dealkylation sites (tertiary alicyclic amines) is 1. The summed E-state index contributed by atoms with van der Waals surface area (Å²) in [7, 11) is 0. The van der Waals surface area contributed by atoms with Crippen LogP contribution in [0, 0.1) is 10.7 Å².